The van der Waals surface area contributed by atoms with Gasteiger partial charge in [0.15, 0.2) is 6.04 Å². The molecule has 2 N–H and O–H groups in total. The van der Waals surface area contributed by atoms with Crippen LogP contribution in [-0.4, -0.2) is 16.1 Å². The van der Waals surface area contributed by atoms with Gasteiger partial charge in [0.25, 0.3) is 5.91 Å². The zero-order valence-corrected chi connectivity index (χ0v) is 8.92. The van der Waals surface area contributed by atoms with Crippen LogP contribution in [0.1, 0.15) is 22.1 Å². The summed E-state index contributed by atoms with van der Waals surface area (Å²) in [5.74, 6) is -0.285. The highest BCUT2D eigenvalue weighted by atomic mass is 16.1. The van der Waals surface area contributed by atoms with E-state index in [2.05, 4.69) is 15.5 Å². The van der Waals surface area contributed by atoms with Crippen molar-refractivity contribution in [2.24, 2.45) is 0 Å². The molecule has 0 saturated carbocycles. The van der Waals surface area contributed by atoms with Crippen LogP contribution in [-0.2, 0) is 0 Å². The highest BCUT2D eigenvalue weighted by Crippen LogP contribution is 2.09. The fourth-order valence-electron chi connectivity index (χ4n) is 1.41. The fraction of sp³-hybridized carbons (Fsp3) is 0.0833. The van der Waals surface area contributed by atoms with Crippen molar-refractivity contribution in [2.45, 2.75) is 6.04 Å². The summed E-state index contributed by atoms with van der Waals surface area (Å²) in [5, 5.41) is 18.0. The maximum Gasteiger partial charge on any atom is 0.252 e. The largest absolute Gasteiger partial charge is 0.331 e. The molecule has 0 bridgehead atoms. The van der Waals surface area contributed by atoms with Crippen molar-refractivity contribution in [3.63, 3.8) is 0 Å². The number of rotatable bonds is 3. The summed E-state index contributed by atoms with van der Waals surface area (Å²) in [4.78, 5) is 11.8. The van der Waals surface area contributed by atoms with Crippen molar-refractivity contribution >= 4 is 5.91 Å². The Labute approximate surface area is 98.1 Å². The molecule has 17 heavy (non-hydrogen) atoms. The van der Waals surface area contributed by atoms with Crippen LogP contribution >= 0.6 is 0 Å². The fourth-order valence-corrected chi connectivity index (χ4v) is 1.41. The number of nitrogens with one attached hydrogen (secondary N) is 2. The van der Waals surface area contributed by atoms with E-state index in [9.17, 15) is 4.79 Å². The molecule has 1 aromatic carbocycles. The van der Waals surface area contributed by atoms with E-state index in [0.29, 0.717) is 11.3 Å². The lowest BCUT2D eigenvalue weighted by Crippen LogP contribution is -2.27. The van der Waals surface area contributed by atoms with Crippen LogP contribution in [0.4, 0.5) is 0 Å². The first-order valence-electron chi connectivity index (χ1n) is 5.06. The van der Waals surface area contributed by atoms with Gasteiger partial charge in [0.1, 0.15) is 0 Å². The predicted molar refractivity (Wildman–Crippen MR) is 60.8 cm³/mol. The van der Waals surface area contributed by atoms with Gasteiger partial charge < -0.3 is 5.32 Å². The van der Waals surface area contributed by atoms with E-state index >= 15 is 0 Å². The molecule has 0 spiro atoms. The number of aromatic nitrogens is 2. The molecule has 2 aromatic rings. The number of hydrogen-bond acceptors (Lipinski definition) is 3. The first-order chi connectivity index (χ1) is 8.31. The lowest BCUT2D eigenvalue weighted by atomic mass is 10.2. The quantitative estimate of drug-likeness (QED) is 0.830. The van der Waals surface area contributed by atoms with Gasteiger partial charge in [0.2, 0.25) is 0 Å². The number of carbonyl (C=O) groups is 1. The second-order valence-corrected chi connectivity index (χ2v) is 3.41. The van der Waals surface area contributed by atoms with E-state index in [-0.39, 0.29) is 5.91 Å². The molecule has 5 heteroatoms. The van der Waals surface area contributed by atoms with Crippen molar-refractivity contribution in [1.29, 1.82) is 5.26 Å². The molecule has 0 aliphatic carbocycles. The van der Waals surface area contributed by atoms with Gasteiger partial charge in [-0.25, -0.2) is 0 Å². The number of nitrogens with zero attached hydrogens (tertiary/aromatic N) is 2. The van der Waals surface area contributed by atoms with Crippen molar-refractivity contribution in [3.05, 3.63) is 53.9 Å². The molecule has 0 radical (unpaired) electrons. The lowest BCUT2D eigenvalue weighted by molar-refractivity contribution is 0.0944. The zero-order chi connectivity index (χ0) is 12.1. The van der Waals surface area contributed by atoms with Crippen LogP contribution in [0, 0.1) is 11.3 Å². The lowest BCUT2D eigenvalue weighted by Gasteiger charge is -2.09. The summed E-state index contributed by atoms with van der Waals surface area (Å²) < 4.78 is 0. The van der Waals surface area contributed by atoms with E-state index in [4.69, 9.17) is 5.26 Å². The Kier molecular flexibility index (Phi) is 3.17. The summed E-state index contributed by atoms with van der Waals surface area (Å²) in [6.45, 7) is 0. The summed E-state index contributed by atoms with van der Waals surface area (Å²) >= 11 is 0. The minimum Gasteiger partial charge on any atom is -0.331 e. The first kappa shape index (κ1) is 10.9. The Bertz CT molecular complexity index is 527. The molecule has 0 fully saturated rings. The van der Waals surface area contributed by atoms with Gasteiger partial charge in [-0.1, -0.05) is 18.2 Å². The highest BCUT2D eigenvalue weighted by Gasteiger charge is 2.15. The molecule has 0 aliphatic heterocycles. The number of aromatic amines is 1. The smallest absolute Gasteiger partial charge is 0.252 e. The standard InChI is InChI=1S/C12H10N4O/c13-8-11(10-6-7-14-16-10)15-12(17)9-4-2-1-3-5-9/h1-7,11H,(H,14,16)(H,15,17). The van der Waals surface area contributed by atoms with Crippen LogP contribution in [0.15, 0.2) is 42.6 Å². The second kappa shape index (κ2) is 4.94. The van der Waals surface area contributed by atoms with Gasteiger partial charge in [-0.3, -0.25) is 9.89 Å². The Morgan fingerprint density at radius 2 is 2.12 bits per heavy atom. The Morgan fingerprint density at radius 3 is 2.71 bits per heavy atom. The number of hydrogen-bond donors (Lipinski definition) is 2. The number of nitriles is 1. The Hall–Kier alpha value is -2.61. The molecule has 2 rings (SSSR count). The van der Waals surface area contributed by atoms with E-state index in [1.807, 2.05) is 12.1 Å². The van der Waals surface area contributed by atoms with Crippen molar-refractivity contribution in [3.8, 4) is 6.07 Å². The second-order valence-electron chi connectivity index (χ2n) is 3.41. The van der Waals surface area contributed by atoms with E-state index in [1.54, 1.807) is 30.3 Å². The summed E-state index contributed by atoms with van der Waals surface area (Å²) in [5.41, 5.74) is 1.09. The van der Waals surface area contributed by atoms with Crippen LogP contribution in [0.25, 0.3) is 0 Å². The third-order valence-electron chi connectivity index (χ3n) is 2.27. The molecular weight excluding hydrogens is 216 g/mol. The SMILES string of the molecule is N#CC(NC(=O)c1ccccc1)c1ccn[nH]1. The van der Waals surface area contributed by atoms with Gasteiger partial charge in [0, 0.05) is 11.8 Å². The molecule has 5 nitrogen and oxygen atoms in total. The third kappa shape index (κ3) is 2.49. The zero-order valence-electron chi connectivity index (χ0n) is 8.92. The van der Waals surface area contributed by atoms with E-state index in [0.717, 1.165) is 0 Å². The molecule has 84 valence electrons. The monoisotopic (exact) mass is 226 g/mol. The third-order valence-corrected chi connectivity index (χ3v) is 2.27. The topological polar surface area (TPSA) is 81.6 Å². The molecule has 1 unspecified atom stereocenters. The minimum atomic E-state index is -0.717. The molecule has 1 heterocycles. The summed E-state index contributed by atoms with van der Waals surface area (Å²) in [7, 11) is 0. The van der Waals surface area contributed by atoms with Crippen molar-refractivity contribution < 1.29 is 4.79 Å². The molecule has 1 aromatic heterocycles. The highest BCUT2D eigenvalue weighted by molar-refractivity contribution is 5.94. The van der Waals surface area contributed by atoms with Gasteiger partial charge in [-0.05, 0) is 18.2 Å². The minimum absolute atomic E-state index is 0.285. The van der Waals surface area contributed by atoms with Crippen LogP contribution in [0.2, 0.25) is 0 Å². The number of carbonyl (C=O) groups excluding carboxylic acids is 1. The molecule has 1 amide bonds. The predicted octanol–water partition coefficient (Wildman–Crippen LogP) is 1.40. The normalized spacial score (nSPS) is 11.5. The maximum atomic E-state index is 11.8. The Balaban J connectivity index is 2.11. The Morgan fingerprint density at radius 1 is 1.35 bits per heavy atom. The first-order valence-corrected chi connectivity index (χ1v) is 5.06. The average molecular weight is 226 g/mol. The van der Waals surface area contributed by atoms with Crippen molar-refractivity contribution in [1.82, 2.24) is 15.5 Å². The van der Waals surface area contributed by atoms with Crippen molar-refractivity contribution in [2.75, 3.05) is 0 Å². The van der Waals surface area contributed by atoms with Crippen LogP contribution in [0.5, 0.6) is 0 Å². The van der Waals surface area contributed by atoms with Gasteiger partial charge in [-0.2, -0.15) is 10.4 Å². The van der Waals surface area contributed by atoms with Crippen LogP contribution in [0.3, 0.4) is 0 Å². The molecule has 1 atom stereocenters. The molecular formula is C12H10N4O. The maximum absolute atomic E-state index is 11.8. The van der Waals surface area contributed by atoms with Crippen LogP contribution < -0.4 is 5.32 Å². The molecule has 0 aliphatic rings. The number of benzene rings is 1. The van der Waals surface area contributed by atoms with Gasteiger partial charge in [0.05, 0.1) is 11.8 Å². The average Bonchev–Trinajstić information content (AvgIpc) is 2.90. The molecule has 0 saturated heterocycles. The van der Waals surface area contributed by atoms with E-state index in [1.165, 1.54) is 6.20 Å². The number of H-pyrrole nitrogens is 1. The summed E-state index contributed by atoms with van der Waals surface area (Å²) in [6.07, 6.45) is 1.54. The summed E-state index contributed by atoms with van der Waals surface area (Å²) in [6, 6.07) is 11.7. The van der Waals surface area contributed by atoms with Gasteiger partial charge in [-0.15, -0.1) is 0 Å². The number of amides is 1. The van der Waals surface area contributed by atoms with E-state index < -0.39 is 6.04 Å². The van der Waals surface area contributed by atoms with Gasteiger partial charge >= 0.3 is 0 Å².